The lowest BCUT2D eigenvalue weighted by Crippen LogP contribution is -2.06. The lowest BCUT2D eigenvalue weighted by molar-refractivity contribution is 0.237. The summed E-state index contributed by atoms with van der Waals surface area (Å²) in [5, 5.41) is 3.02. The van der Waals surface area contributed by atoms with Gasteiger partial charge in [-0.2, -0.15) is 0 Å². The van der Waals surface area contributed by atoms with Crippen molar-refractivity contribution < 1.29 is 13.6 Å². The van der Waals surface area contributed by atoms with Crippen molar-refractivity contribution in [1.82, 2.24) is 0 Å². The van der Waals surface area contributed by atoms with E-state index in [2.05, 4.69) is 5.32 Å². The topological polar surface area (TPSA) is 47.6 Å². The number of rotatable bonds is 1. The first-order chi connectivity index (χ1) is 6.61. The third kappa shape index (κ3) is 1.76. The van der Waals surface area contributed by atoms with Gasteiger partial charge in [0.15, 0.2) is 0 Å². The molecule has 0 aliphatic carbocycles. The third-order valence-corrected chi connectivity index (χ3v) is 3.19. The first-order valence-corrected chi connectivity index (χ1v) is 6.32. The van der Waals surface area contributed by atoms with Crippen LogP contribution in [0.4, 0.5) is 5.69 Å². The lowest BCUT2D eigenvalue weighted by atomic mass is 10.2. The predicted molar refractivity (Wildman–Crippen MR) is 54.9 cm³/mol. The minimum absolute atomic E-state index is 0.346. The minimum atomic E-state index is -2.86. The van der Waals surface area contributed by atoms with E-state index in [0.717, 1.165) is 11.3 Å². The Kier molecular flexibility index (Phi) is 2.25. The Bertz CT molecular complexity index is 405. The minimum Gasteiger partial charge on any atom is -0.424 e. The van der Waals surface area contributed by atoms with Gasteiger partial charge in [0.05, 0.1) is 6.61 Å². The van der Waals surface area contributed by atoms with E-state index in [1.165, 1.54) is 6.66 Å². The molecule has 1 heterocycles. The highest BCUT2D eigenvalue weighted by Crippen LogP contribution is 2.50. The molecule has 4 nitrogen and oxygen atoms in total. The van der Waals surface area contributed by atoms with Gasteiger partial charge in [-0.15, -0.1) is 0 Å². The van der Waals surface area contributed by atoms with Crippen LogP contribution in [0, 0.1) is 0 Å². The molecule has 1 aromatic carbocycles. The number of hydrogen-bond acceptors (Lipinski definition) is 4. The standard InChI is InChI=1S/C9H12NO3P/c1-10-8-3-4-9-7(5-8)6-12-14(2,11)13-9/h3-5,10H,6H2,1-2H3. The Balaban J connectivity index is 2.37. The summed E-state index contributed by atoms with van der Waals surface area (Å²) >= 11 is 0. The third-order valence-electron chi connectivity index (χ3n) is 2.07. The number of hydrogen-bond donors (Lipinski definition) is 1. The number of anilines is 1. The maximum Gasteiger partial charge on any atom is 0.376 e. The van der Waals surface area contributed by atoms with E-state index in [1.54, 1.807) is 6.07 Å². The van der Waals surface area contributed by atoms with Crippen molar-refractivity contribution in [1.29, 1.82) is 0 Å². The Morgan fingerprint density at radius 2 is 2.29 bits per heavy atom. The molecule has 0 aromatic heterocycles. The zero-order chi connectivity index (χ0) is 10.2. The Morgan fingerprint density at radius 3 is 3.00 bits per heavy atom. The van der Waals surface area contributed by atoms with Gasteiger partial charge < -0.3 is 9.84 Å². The van der Waals surface area contributed by atoms with E-state index in [1.807, 2.05) is 19.2 Å². The molecule has 0 amide bonds. The van der Waals surface area contributed by atoms with Gasteiger partial charge in [-0.25, -0.2) is 4.57 Å². The molecule has 1 aromatic rings. The highest BCUT2D eigenvalue weighted by Gasteiger charge is 2.26. The van der Waals surface area contributed by atoms with Gasteiger partial charge >= 0.3 is 7.60 Å². The molecule has 14 heavy (non-hydrogen) atoms. The molecular formula is C9H12NO3P. The summed E-state index contributed by atoms with van der Waals surface area (Å²) in [6.07, 6.45) is 0. The summed E-state index contributed by atoms with van der Waals surface area (Å²) in [5.74, 6) is 0.654. The quantitative estimate of drug-likeness (QED) is 0.728. The molecule has 2 rings (SSSR count). The first-order valence-electron chi connectivity index (χ1n) is 4.33. The van der Waals surface area contributed by atoms with Crippen LogP contribution in [0.15, 0.2) is 18.2 Å². The molecule has 0 fully saturated rings. The second kappa shape index (κ2) is 3.30. The van der Waals surface area contributed by atoms with Crippen molar-refractivity contribution in [3.63, 3.8) is 0 Å². The zero-order valence-electron chi connectivity index (χ0n) is 8.11. The van der Waals surface area contributed by atoms with E-state index < -0.39 is 7.60 Å². The molecule has 1 unspecified atom stereocenters. The molecule has 0 saturated carbocycles. The van der Waals surface area contributed by atoms with Crippen LogP contribution in [0.25, 0.3) is 0 Å². The van der Waals surface area contributed by atoms with Crippen molar-refractivity contribution >= 4 is 13.3 Å². The highest BCUT2D eigenvalue weighted by atomic mass is 31.2. The zero-order valence-corrected chi connectivity index (χ0v) is 9.01. The summed E-state index contributed by atoms with van der Waals surface area (Å²) in [7, 11) is -1.02. The molecular weight excluding hydrogens is 201 g/mol. The molecule has 1 atom stereocenters. The number of fused-ring (bicyclic) bond motifs is 1. The van der Waals surface area contributed by atoms with E-state index in [9.17, 15) is 4.57 Å². The van der Waals surface area contributed by atoms with Crippen molar-refractivity contribution in [2.75, 3.05) is 19.0 Å². The van der Waals surface area contributed by atoms with E-state index in [4.69, 9.17) is 9.05 Å². The fourth-order valence-corrected chi connectivity index (χ4v) is 2.29. The molecule has 5 heteroatoms. The van der Waals surface area contributed by atoms with Gasteiger partial charge in [-0.3, -0.25) is 4.52 Å². The fourth-order valence-electron chi connectivity index (χ4n) is 1.33. The molecule has 1 aliphatic rings. The van der Waals surface area contributed by atoms with E-state index in [-0.39, 0.29) is 0 Å². The lowest BCUT2D eigenvalue weighted by Gasteiger charge is -2.23. The van der Waals surface area contributed by atoms with Gasteiger partial charge in [-0.05, 0) is 18.2 Å². The van der Waals surface area contributed by atoms with Crippen molar-refractivity contribution in [3.05, 3.63) is 23.8 Å². The van der Waals surface area contributed by atoms with Crippen molar-refractivity contribution in [2.45, 2.75) is 6.61 Å². The van der Waals surface area contributed by atoms with Crippen LogP contribution in [0.5, 0.6) is 5.75 Å². The average Bonchev–Trinajstić information content (AvgIpc) is 2.16. The summed E-state index contributed by atoms with van der Waals surface area (Å²) in [5.41, 5.74) is 1.91. The normalized spacial score (nSPS) is 25.0. The predicted octanol–water partition coefficient (Wildman–Crippen LogP) is 2.46. The van der Waals surface area contributed by atoms with Crippen LogP contribution in [-0.2, 0) is 15.7 Å². The van der Waals surface area contributed by atoms with Crippen LogP contribution in [0.1, 0.15) is 5.56 Å². The SMILES string of the molecule is CNc1ccc2c(c1)COP(C)(=O)O2. The largest absolute Gasteiger partial charge is 0.424 e. The van der Waals surface area contributed by atoms with Gasteiger partial charge in [-0.1, -0.05) is 0 Å². The van der Waals surface area contributed by atoms with Gasteiger partial charge in [0.25, 0.3) is 0 Å². The average molecular weight is 213 g/mol. The Labute approximate surface area is 82.8 Å². The van der Waals surface area contributed by atoms with Crippen LogP contribution in [-0.4, -0.2) is 13.7 Å². The second-order valence-electron chi connectivity index (χ2n) is 3.21. The van der Waals surface area contributed by atoms with Crippen LogP contribution in [0.2, 0.25) is 0 Å². The van der Waals surface area contributed by atoms with Gasteiger partial charge in [0, 0.05) is 25.0 Å². The molecule has 76 valence electrons. The fraction of sp³-hybridized carbons (Fsp3) is 0.333. The van der Waals surface area contributed by atoms with Crippen LogP contribution in [0.3, 0.4) is 0 Å². The molecule has 0 spiro atoms. The Morgan fingerprint density at radius 1 is 1.50 bits per heavy atom. The Hall–Kier alpha value is -0.990. The van der Waals surface area contributed by atoms with Crippen molar-refractivity contribution in [3.8, 4) is 5.75 Å². The van der Waals surface area contributed by atoms with E-state index >= 15 is 0 Å². The molecule has 0 saturated heterocycles. The van der Waals surface area contributed by atoms with Crippen molar-refractivity contribution in [2.24, 2.45) is 0 Å². The summed E-state index contributed by atoms with van der Waals surface area (Å²) < 4.78 is 21.8. The maximum absolute atomic E-state index is 11.5. The molecule has 0 radical (unpaired) electrons. The second-order valence-corrected chi connectivity index (χ2v) is 5.19. The smallest absolute Gasteiger partial charge is 0.376 e. The summed E-state index contributed by atoms with van der Waals surface area (Å²) in [6, 6.07) is 5.61. The monoisotopic (exact) mass is 213 g/mol. The molecule has 1 N–H and O–H groups in total. The first kappa shape index (κ1) is 9.56. The van der Waals surface area contributed by atoms with Crippen LogP contribution >= 0.6 is 7.60 Å². The molecule has 0 bridgehead atoms. The van der Waals surface area contributed by atoms with E-state index in [0.29, 0.717) is 12.4 Å². The van der Waals surface area contributed by atoms with Crippen LogP contribution < -0.4 is 9.84 Å². The summed E-state index contributed by atoms with van der Waals surface area (Å²) in [6.45, 7) is 1.82. The molecule has 1 aliphatic heterocycles. The number of nitrogens with one attached hydrogen (secondary N) is 1. The van der Waals surface area contributed by atoms with Gasteiger partial charge in [0.1, 0.15) is 5.75 Å². The number of benzene rings is 1. The van der Waals surface area contributed by atoms with Gasteiger partial charge in [0.2, 0.25) is 0 Å². The summed E-state index contributed by atoms with van der Waals surface area (Å²) in [4.78, 5) is 0. The highest BCUT2D eigenvalue weighted by molar-refractivity contribution is 7.53. The maximum atomic E-state index is 11.5.